The van der Waals surface area contributed by atoms with Gasteiger partial charge in [-0.15, -0.1) is 0 Å². The fraction of sp³-hybridized carbons (Fsp3) is 0.100. The minimum Gasteiger partial charge on any atom is -0.487 e. The van der Waals surface area contributed by atoms with Gasteiger partial charge in [0.15, 0.2) is 23.2 Å². The van der Waals surface area contributed by atoms with Gasteiger partial charge in [-0.25, -0.2) is 13.2 Å². The number of pyridine rings is 1. The Hall–Kier alpha value is -4.92. The average Bonchev–Trinajstić information content (AvgIpc) is 3.25. The van der Waals surface area contributed by atoms with Crippen LogP contribution in [0.4, 0.5) is 13.2 Å². The molecule has 1 unspecified atom stereocenters. The first-order chi connectivity index (χ1) is 18.9. The second-order valence-electron chi connectivity index (χ2n) is 8.97. The van der Waals surface area contributed by atoms with Crippen LogP contribution < -0.4 is 14.2 Å². The number of hydrogen-bond acceptors (Lipinski definition) is 6. The van der Waals surface area contributed by atoms with Crippen molar-refractivity contribution in [3.63, 3.8) is 0 Å². The van der Waals surface area contributed by atoms with Crippen LogP contribution >= 0.6 is 0 Å². The zero-order valence-electron chi connectivity index (χ0n) is 20.1. The van der Waals surface area contributed by atoms with Gasteiger partial charge in [0.1, 0.15) is 23.9 Å². The van der Waals surface area contributed by atoms with Crippen molar-refractivity contribution in [2.75, 3.05) is 0 Å². The molecule has 0 spiro atoms. The maximum absolute atomic E-state index is 13.7. The van der Waals surface area contributed by atoms with E-state index in [-0.39, 0.29) is 41.4 Å². The number of aromatic nitrogens is 1. The summed E-state index contributed by atoms with van der Waals surface area (Å²) >= 11 is 0. The van der Waals surface area contributed by atoms with Crippen molar-refractivity contribution in [2.24, 2.45) is 0 Å². The number of hydrogen-bond donors (Lipinski definition) is 0. The molecular weight excluding hydrogens is 511 g/mol. The highest BCUT2D eigenvalue weighted by molar-refractivity contribution is 6.15. The van der Waals surface area contributed by atoms with Gasteiger partial charge in [-0.1, -0.05) is 24.3 Å². The van der Waals surface area contributed by atoms with Crippen LogP contribution in [-0.2, 0) is 11.4 Å². The predicted molar refractivity (Wildman–Crippen MR) is 133 cm³/mol. The molecule has 39 heavy (non-hydrogen) atoms. The molecule has 3 heterocycles. The zero-order valence-corrected chi connectivity index (χ0v) is 20.1. The molecule has 0 saturated heterocycles. The quantitative estimate of drug-likeness (QED) is 0.134. The van der Waals surface area contributed by atoms with Crippen LogP contribution in [0.1, 0.15) is 45.1 Å². The van der Waals surface area contributed by atoms with Crippen LogP contribution in [0.5, 0.6) is 17.2 Å². The number of esters is 1. The molecule has 0 bridgehead atoms. The van der Waals surface area contributed by atoms with Crippen molar-refractivity contribution in [3.8, 4) is 17.2 Å². The second kappa shape index (κ2) is 9.75. The molecule has 0 amide bonds. The molecule has 1 atom stereocenters. The number of carbonyl (C=O) groups excluding carboxylic acids is 2. The number of carbonyl (C=O) groups is 2. The van der Waals surface area contributed by atoms with Gasteiger partial charge in [-0.3, -0.25) is 14.6 Å². The van der Waals surface area contributed by atoms with E-state index in [1.54, 1.807) is 30.5 Å². The minimum atomic E-state index is -1.61. The van der Waals surface area contributed by atoms with Gasteiger partial charge in [0, 0.05) is 23.2 Å². The van der Waals surface area contributed by atoms with E-state index in [1.807, 2.05) is 18.2 Å². The van der Waals surface area contributed by atoms with E-state index in [1.165, 1.54) is 12.1 Å². The highest BCUT2D eigenvalue weighted by Gasteiger charge is 2.39. The highest BCUT2D eigenvalue weighted by atomic mass is 19.2. The molecule has 2 aliphatic heterocycles. The van der Waals surface area contributed by atoms with Crippen molar-refractivity contribution in [2.45, 2.75) is 18.9 Å². The summed E-state index contributed by atoms with van der Waals surface area (Å²) in [5.74, 6) is -5.27. The summed E-state index contributed by atoms with van der Waals surface area (Å²) in [6.45, 7) is 0.196. The second-order valence-corrected chi connectivity index (χ2v) is 8.97. The number of para-hydroxylation sites is 1. The molecule has 0 aliphatic carbocycles. The lowest BCUT2D eigenvalue weighted by Gasteiger charge is -2.27. The summed E-state index contributed by atoms with van der Waals surface area (Å²) in [6.07, 6.45) is 2.75. The van der Waals surface area contributed by atoms with Gasteiger partial charge < -0.3 is 14.2 Å². The SMILES string of the molecule is O=C1CC(c2ccccc2OCc2ccccn2)c2c(ccc3c2OC(=Cc2cc(F)c(F)c(F)c2)C3=O)O1. The lowest BCUT2D eigenvalue weighted by atomic mass is 9.84. The minimum absolute atomic E-state index is 0.0433. The molecule has 194 valence electrons. The molecule has 0 saturated carbocycles. The van der Waals surface area contributed by atoms with E-state index in [0.717, 1.165) is 18.2 Å². The van der Waals surface area contributed by atoms with E-state index in [9.17, 15) is 22.8 Å². The van der Waals surface area contributed by atoms with Gasteiger partial charge in [0.25, 0.3) is 0 Å². The molecule has 0 N–H and O–H groups in total. The Bertz CT molecular complexity index is 1650. The number of Topliss-reactive ketones (excluding diaryl/α,β-unsaturated/α-hetero) is 1. The van der Waals surface area contributed by atoms with E-state index in [0.29, 0.717) is 22.6 Å². The van der Waals surface area contributed by atoms with Gasteiger partial charge in [-0.05, 0) is 54.1 Å². The number of fused-ring (bicyclic) bond motifs is 3. The molecule has 6 rings (SSSR count). The third kappa shape index (κ3) is 4.52. The number of ketones is 1. The van der Waals surface area contributed by atoms with Crippen molar-refractivity contribution in [1.29, 1.82) is 0 Å². The van der Waals surface area contributed by atoms with Crippen LogP contribution in [0.25, 0.3) is 6.08 Å². The van der Waals surface area contributed by atoms with Crippen molar-refractivity contribution in [1.82, 2.24) is 4.98 Å². The summed E-state index contributed by atoms with van der Waals surface area (Å²) in [6, 6.07) is 17.2. The Morgan fingerprint density at radius 1 is 0.949 bits per heavy atom. The van der Waals surface area contributed by atoms with E-state index in [4.69, 9.17) is 14.2 Å². The van der Waals surface area contributed by atoms with Crippen molar-refractivity contribution < 1.29 is 37.0 Å². The first-order valence-corrected chi connectivity index (χ1v) is 12.0. The van der Waals surface area contributed by atoms with Crippen LogP contribution in [-0.4, -0.2) is 16.7 Å². The first kappa shape index (κ1) is 24.4. The lowest BCUT2D eigenvalue weighted by molar-refractivity contribution is -0.135. The van der Waals surface area contributed by atoms with Gasteiger partial charge in [0.2, 0.25) is 5.78 Å². The summed E-state index contributed by atoms with van der Waals surface area (Å²) in [4.78, 5) is 30.0. The van der Waals surface area contributed by atoms with Crippen LogP contribution in [0, 0.1) is 17.5 Å². The molecule has 6 nitrogen and oxygen atoms in total. The Balaban J connectivity index is 1.39. The largest absolute Gasteiger partial charge is 0.487 e. The molecule has 0 radical (unpaired) electrons. The van der Waals surface area contributed by atoms with Gasteiger partial charge >= 0.3 is 5.97 Å². The third-order valence-electron chi connectivity index (χ3n) is 6.48. The molecule has 3 aromatic carbocycles. The first-order valence-electron chi connectivity index (χ1n) is 12.0. The average molecular weight is 529 g/mol. The Kier molecular flexibility index (Phi) is 6.11. The number of benzene rings is 3. The van der Waals surface area contributed by atoms with Gasteiger partial charge in [0.05, 0.1) is 17.7 Å². The zero-order chi connectivity index (χ0) is 27.1. The normalized spacial score (nSPS) is 16.9. The van der Waals surface area contributed by atoms with Crippen LogP contribution in [0.2, 0.25) is 0 Å². The molecule has 4 aromatic rings. The molecule has 9 heteroatoms. The van der Waals surface area contributed by atoms with Crippen molar-refractivity contribution >= 4 is 17.8 Å². The predicted octanol–water partition coefficient (Wildman–Crippen LogP) is 6.14. The van der Waals surface area contributed by atoms with E-state index >= 15 is 0 Å². The molecular formula is C30H18F3NO5. The van der Waals surface area contributed by atoms with Gasteiger partial charge in [-0.2, -0.15) is 0 Å². The number of allylic oxidation sites excluding steroid dienone is 1. The monoisotopic (exact) mass is 529 g/mol. The van der Waals surface area contributed by atoms with Crippen LogP contribution in [0.15, 0.2) is 78.7 Å². The third-order valence-corrected chi connectivity index (χ3v) is 6.48. The fourth-order valence-corrected chi connectivity index (χ4v) is 4.72. The molecule has 0 fully saturated rings. The Morgan fingerprint density at radius 2 is 1.72 bits per heavy atom. The molecule has 1 aromatic heterocycles. The fourth-order valence-electron chi connectivity index (χ4n) is 4.72. The Labute approximate surface area is 220 Å². The summed E-state index contributed by atoms with van der Waals surface area (Å²) in [5, 5.41) is 0. The number of nitrogens with zero attached hydrogens (tertiary/aromatic N) is 1. The van der Waals surface area contributed by atoms with E-state index < -0.39 is 35.1 Å². The number of halogens is 3. The van der Waals surface area contributed by atoms with E-state index in [2.05, 4.69) is 4.98 Å². The Morgan fingerprint density at radius 3 is 2.49 bits per heavy atom. The number of rotatable bonds is 5. The standard InChI is InChI=1S/C30H18F3NO5/c31-21-11-16(12-22(32)28(21)33)13-25-29(36)19-8-9-24-27(30(19)39-25)20(14-26(35)38-24)18-6-1-2-7-23(18)37-15-17-5-3-4-10-34-17/h1-13,20H,14-15H2. The summed E-state index contributed by atoms with van der Waals surface area (Å²) in [7, 11) is 0. The summed E-state index contributed by atoms with van der Waals surface area (Å²) in [5.41, 5.74) is 1.96. The lowest BCUT2D eigenvalue weighted by Crippen LogP contribution is -2.22. The highest BCUT2D eigenvalue weighted by Crippen LogP contribution is 2.50. The number of ether oxygens (including phenoxy) is 3. The van der Waals surface area contributed by atoms with Crippen LogP contribution in [0.3, 0.4) is 0 Å². The smallest absolute Gasteiger partial charge is 0.312 e. The van der Waals surface area contributed by atoms with Crippen molar-refractivity contribution in [3.05, 3.63) is 124 Å². The summed E-state index contributed by atoms with van der Waals surface area (Å²) < 4.78 is 58.4. The maximum atomic E-state index is 13.7. The molecule has 2 aliphatic rings. The maximum Gasteiger partial charge on any atom is 0.312 e. The topological polar surface area (TPSA) is 74.7 Å².